The molecule has 0 aliphatic carbocycles. The third-order valence-corrected chi connectivity index (χ3v) is 15.8. The fraction of sp³-hybridized carbons (Fsp3) is 0.779. The van der Waals surface area contributed by atoms with Gasteiger partial charge in [0.2, 0.25) is 0 Å². The number of rotatable bonds is 66. The van der Waals surface area contributed by atoms with Crippen LogP contribution in [-0.4, -0.2) is 37.2 Å². The summed E-state index contributed by atoms with van der Waals surface area (Å²) >= 11 is 0. The lowest BCUT2D eigenvalue weighted by Gasteiger charge is -2.18. The Morgan fingerprint density at radius 1 is 0.241 bits per heavy atom. The first-order valence-electron chi connectivity index (χ1n) is 36.1. The van der Waals surface area contributed by atoms with Gasteiger partial charge in [0, 0.05) is 19.3 Å². The summed E-state index contributed by atoms with van der Waals surface area (Å²) in [6.45, 7) is 6.62. The number of carbonyl (C=O) groups excluding carboxylic acids is 3. The number of carbonyl (C=O) groups is 3. The Hall–Kier alpha value is -3.41. The van der Waals surface area contributed by atoms with Crippen LogP contribution in [0, 0.1) is 0 Å². The van der Waals surface area contributed by atoms with Crippen LogP contribution in [0.4, 0.5) is 0 Å². The summed E-state index contributed by atoms with van der Waals surface area (Å²) in [5, 5.41) is 0. The van der Waals surface area contributed by atoms with Gasteiger partial charge < -0.3 is 14.2 Å². The van der Waals surface area contributed by atoms with E-state index in [4.69, 9.17) is 14.2 Å². The van der Waals surface area contributed by atoms with E-state index in [0.29, 0.717) is 19.3 Å². The molecule has 6 heteroatoms. The second kappa shape index (κ2) is 71.1. The van der Waals surface area contributed by atoms with Gasteiger partial charge >= 0.3 is 17.9 Å². The van der Waals surface area contributed by atoms with Crippen LogP contribution in [0.25, 0.3) is 0 Å². The van der Waals surface area contributed by atoms with Gasteiger partial charge in [-0.1, -0.05) is 311 Å². The van der Waals surface area contributed by atoms with Crippen molar-refractivity contribution in [1.29, 1.82) is 0 Å². The zero-order valence-electron chi connectivity index (χ0n) is 55.2. The highest BCUT2D eigenvalue weighted by Gasteiger charge is 2.19. The number of allylic oxidation sites excluding steroid dienone is 14. The molecular formula is C77H136O6. The van der Waals surface area contributed by atoms with Crippen molar-refractivity contribution in [3.8, 4) is 0 Å². The van der Waals surface area contributed by atoms with Crippen LogP contribution in [0.2, 0.25) is 0 Å². The molecule has 0 aliphatic rings. The minimum absolute atomic E-state index is 0.0815. The maximum Gasteiger partial charge on any atom is 0.306 e. The number of ether oxygens (including phenoxy) is 3. The quantitative estimate of drug-likeness (QED) is 0.0261. The molecule has 0 N–H and O–H groups in total. The van der Waals surface area contributed by atoms with E-state index in [2.05, 4.69) is 106 Å². The summed E-state index contributed by atoms with van der Waals surface area (Å²) in [5.41, 5.74) is 0. The van der Waals surface area contributed by atoms with Crippen molar-refractivity contribution in [2.24, 2.45) is 0 Å². The van der Waals surface area contributed by atoms with Crippen molar-refractivity contribution in [1.82, 2.24) is 0 Å². The van der Waals surface area contributed by atoms with Crippen molar-refractivity contribution in [2.75, 3.05) is 13.2 Å². The molecule has 0 rings (SSSR count). The molecule has 0 spiro atoms. The van der Waals surface area contributed by atoms with Crippen LogP contribution in [0.1, 0.15) is 367 Å². The zero-order chi connectivity index (χ0) is 59.9. The third kappa shape index (κ3) is 69.3. The third-order valence-electron chi connectivity index (χ3n) is 15.8. The van der Waals surface area contributed by atoms with Crippen molar-refractivity contribution < 1.29 is 28.6 Å². The molecule has 0 heterocycles. The van der Waals surface area contributed by atoms with E-state index in [1.165, 1.54) is 231 Å². The zero-order valence-corrected chi connectivity index (χ0v) is 55.2. The molecular weight excluding hydrogens is 1020 g/mol. The Morgan fingerprint density at radius 2 is 0.434 bits per heavy atom. The van der Waals surface area contributed by atoms with E-state index in [0.717, 1.165) is 96.3 Å². The van der Waals surface area contributed by atoms with Crippen molar-refractivity contribution in [2.45, 2.75) is 374 Å². The molecule has 1 atom stereocenters. The molecule has 0 amide bonds. The predicted molar refractivity (Wildman–Crippen MR) is 362 cm³/mol. The Labute approximate surface area is 515 Å². The molecule has 6 nitrogen and oxygen atoms in total. The Bertz CT molecular complexity index is 1570. The minimum atomic E-state index is -0.787. The van der Waals surface area contributed by atoms with Gasteiger partial charge in [-0.3, -0.25) is 14.4 Å². The minimum Gasteiger partial charge on any atom is -0.462 e. The van der Waals surface area contributed by atoms with Crippen LogP contribution in [0.15, 0.2) is 85.1 Å². The van der Waals surface area contributed by atoms with Crippen molar-refractivity contribution in [3.05, 3.63) is 85.1 Å². The first-order valence-corrected chi connectivity index (χ1v) is 36.1. The van der Waals surface area contributed by atoms with Crippen molar-refractivity contribution in [3.63, 3.8) is 0 Å². The van der Waals surface area contributed by atoms with Crippen LogP contribution in [0.3, 0.4) is 0 Å². The number of hydrogen-bond donors (Lipinski definition) is 0. The average Bonchev–Trinajstić information content (AvgIpc) is 3.49. The summed E-state index contributed by atoms with van der Waals surface area (Å²) < 4.78 is 17.0. The highest BCUT2D eigenvalue weighted by atomic mass is 16.6. The summed E-state index contributed by atoms with van der Waals surface area (Å²) in [5.74, 6) is -0.882. The first-order chi connectivity index (χ1) is 41.0. The lowest BCUT2D eigenvalue weighted by Crippen LogP contribution is -2.30. The van der Waals surface area contributed by atoms with Crippen molar-refractivity contribution >= 4 is 17.9 Å². The van der Waals surface area contributed by atoms with Crippen LogP contribution >= 0.6 is 0 Å². The number of esters is 3. The molecule has 0 aromatic carbocycles. The maximum absolute atomic E-state index is 13.0. The second-order valence-corrected chi connectivity index (χ2v) is 24.1. The molecule has 0 saturated carbocycles. The Kier molecular flexibility index (Phi) is 68.2. The summed E-state index contributed by atoms with van der Waals surface area (Å²) in [4.78, 5) is 38.5. The van der Waals surface area contributed by atoms with Gasteiger partial charge in [-0.25, -0.2) is 0 Å². The molecule has 0 radical (unpaired) electrons. The standard InChI is InChI=1S/C77H136O6/c1-4-7-10-13-16-19-22-25-28-30-32-34-36-38-40-42-44-46-49-52-55-58-61-64-67-70-76(79)82-73-74(72-81-75(78)69-66-63-60-57-54-51-48-27-24-21-18-15-12-9-6-3)83-77(80)71-68-65-62-59-56-53-50-47-45-43-41-39-37-35-33-31-29-26-23-20-17-14-11-8-5-2/h18,21-23,25-27,30-33,36,38,48,74H,4-17,19-20,24,28-29,34-35,37,39-47,49-73H2,1-3H3/b21-18-,25-22-,26-23-,32-30-,33-31-,38-36-,48-27-. The predicted octanol–water partition coefficient (Wildman–Crippen LogP) is 25.0. The molecule has 0 fully saturated rings. The van der Waals surface area contributed by atoms with Crippen LogP contribution < -0.4 is 0 Å². The Morgan fingerprint density at radius 3 is 0.699 bits per heavy atom. The van der Waals surface area contributed by atoms with Gasteiger partial charge in [0.15, 0.2) is 6.10 Å². The highest BCUT2D eigenvalue weighted by Crippen LogP contribution is 2.17. The van der Waals surface area contributed by atoms with Gasteiger partial charge in [-0.2, -0.15) is 0 Å². The number of unbranched alkanes of at least 4 members (excludes halogenated alkanes) is 41. The molecule has 0 bridgehead atoms. The molecule has 0 saturated heterocycles. The molecule has 1 unspecified atom stereocenters. The summed E-state index contributed by atoms with van der Waals surface area (Å²) in [7, 11) is 0. The average molecular weight is 1160 g/mol. The molecule has 0 aromatic heterocycles. The second-order valence-electron chi connectivity index (χ2n) is 24.1. The Balaban J connectivity index is 4.33. The largest absolute Gasteiger partial charge is 0.462 e. The van der Waals surface area contributed by atoms with Gasteiger partial charge in [-0.15, -0.1) is 0 Å². The topological polar surface area (TPSA) is 78.9 Å². The van der Waals surface area contributed by atoms with E-state index in [1.807, 2.05) is 0 Å². The molecule has 0 aromatic rings. The molecule has 83 heavy (non-hydrogen) atoms. The van der Waals surface area contributed by atoms with Gasteiger partial charge in [0.1, 0.15) is 13.2 Å². The molecule has 0 aliphatic heterocycles. The SMILES string of the molecule is CCCCC/C=C\C/C=C\CCCCCCCC(=O)OCC(COC(=O)CCCCCCCCCCCC/C=C\C/C=C\C/C=C\CCCCCCC)OC(=O)CCCCCCCCCCCCCCC/C=C\C/C=C\CCCCCCC. The highest BCUT2D eigenvalue weighted by molar-refractivity contribution is 5.71. The maximum atomic E-state index is 13.0. The van der Waals surface area contributed by atoms with E-state index in [-0.39, 0.29) is 31.1 Å². The molecule has 480 valence electrons. The fourth-order valence-corrected chi connectivity index (χ4v) is 10.4. The lowest BCUT2D eigenvalue weighted by molar-refractivity contribution is -0.167. The van der Waals surface area contributed by atoms with Gasteiger partial charge in [0.25, 0.3) is 0 Å². The van der Waals surface area contributed by atoms with E-state index in [9.17, 15) is 14.4 Å². The van der Waals surface area contributed by atoms with Crippen LogP contribution in [-0.2, 0) is 28.6 Å². The first kappa shape index (κ1) is 79.6. The number of hydrogen-bond acceptors (Lipinski definition) is 6. The van der Waals surface area contributed by atoms with Gasteiger partial charge in [0.05, 0.1) is 0 Å². The van der Waals surface area contributed by atoms with E-state index in [1.54, 1.807) is 0 Å². The van der Waals surface area contributed by atoms with Crippen LogP contribution in [0.5, 0.6) is 0 Å². The lowest BCUT2D eigenvalue weighted by atomic mass is 10.0. The van der Waals surface area contributed by atoms with E-state index >= 15 is 0 Å². The normalized spacial score (nSPS) is 12.6. The summed E-state index contributed by atoms with van der Waals surface area (Å²) in [6.07, 6.45) is 94.6. The van der Waals surface area contributed by atoms with Gasteiger partial charge in [-0.05, 0) is 122 Å². The fourth-order valence-electron chi connectivity index (χ4n) is 10.4. The monoisotopic (exact) mass is 1160 g/mol. The smallest absolute Gasteiger partial charge is 0.306 e. The van der Waals surface area contributed by atoms with E-state index < -0.39 is 6.10 Å². The summed E-state index contributed by atoms with van der Waals surface area (Å²) in [6, 6.07) is 0.